The van der Waals surface area contributed by atoms with Crippen LogP contribution in [0.2, 0.25) is 0 Å². The van der Waals surface area contributed by atoms with Gasteiger partial charge in [0, 0.05) is 30.7 Å². The lowest BCUT2D eigenvalue weighted by molar-refractivity contribution is 0.0907. The van der Waals surface area contributed by atoms with Crippen LogP contribution in [0.3, 0.4) is 0 Å². The zero-order valence-electron chi connectivity index (χ0n) is 18.3. The number of nitrogens with zero attached hydrogens (tertiary/aromatic N) is 2. The van der Waals surface area contributed by atoms with Gasteiger partial charge in [-0.3, -0.25) is 14.0 Å². The van der Waals surface area contributed by atoms with E-state index in [9.17, 15) is 13.2 Å². The summed E-state index contributed by atoms with van der Waals surface area (Å²) >= 11 is 0. The molecule has 0 aromatic heterocycles. The van der Waals surface area contributed by atoms with Gasteiger partial charge in [0.25, 0.3) is 5.91 Å². The van der Waals surface area contributed by atoms with E-state index in [1.165, 1.54) is 29.0 Å². The average molecular weight is 442 g/mol. The Labute approximate surface area is 185 Å². The maximum Gasteiger partial charge on any atom is 0.251 e. The van der Waals surface area contributed by atoms with E-state index >= 15 is 0 Å². The number of anilines is 1. The predicted molar refractivity (Wildman–Crippen MR) is 124 cm³/mol. The molecule has 166 valence electrons. The number of carbonyl (C=O) groups is 1. The molecular weight excluding hydrogens is 410 g/mol. The fourth-order valence-corrected chi connectivity index (χ4v) is 6.14. The summed E-state index contributed by atoms with van der Waals surface area (Å²) in [5.41, 5.74) is 3.48. The quantitative estimate of drug-likeness (QED) is 0.748. The Hall–Kier alpha value is -2.38. The maximum absolute atomic E-state index is 12.9. The first-order valence-electron chi connectivity index (χ1n) is 11.0. The van der Waals surface area contributed by atoms with Crippen LogP contribution in [0.25, 0.3) is 0 Å². The third kappa shape index (κ3) is 4.93. The molecule has 2 aliphatic rings. The topological polar surface area (TPSA) is 69.7 Å². The lowest BCUT2D eigenvalue weighted by atomic mass is 10.0. The highest BCUT2D eigenvalue weighted by Crippen LogP contribution is 2.34. The molecule has 31 heavy (non-hydrogen) atoms. The molecule has 0 aliphatic carbocycles. The zero-order valence-corrected chi connectivity index (χ0v) is 19.1. The number of fused-ring (bicyclic) bond motifs is 1. The number of likely N-dealkylation sites (tertiary alicyclic amines) is 1. The molecule has 7 heteroatoms. The summed E-state index contributed by atoms with van der Waals surface area (Å²) in [6, 6.07) is 16.0. The summed E-state index contributed by atoms with van der Waals surface area (Å²) in [5, 5.41) is 3.12. The van der Waals surface area contributed by atoms with Gasteiger partial charge in [0.15, 0.2) is 0 Å². The number of nitrogens with one attached hydrogen (secondary N) is 1. The van der Waals surface area contributed by atoms with Gasteiger partial charge < -0.3 is 5.32 Å². The average Bonchev–Trinajstić information content (AvgIpc) is 3.09. The molecule has 6 nitrogen and oxygen atoms in total. The van der Waals surface area contributed by atoms with Crippen molar-refractivity contribution in [2.24, 2.45) is 0 Å². The summed E-state index contributed by atoms with van der Waals surface area (Å²) in [5.74, 6) is -0.0986. The molecule has 2 atom stereocenters. The number of sulfonamides is 1. The summed E-state index contributed by atoms with van der Waals surface area (Å²) in [6.45, 7) is 4.47. The van der Waals surface area contributed by atoms with Crippen molar-refractivity contribution in [2.45, 2.75) is 51.2 Å². The van der Waals surface area contributed by atoms with Crippen LogP contribution in [0.4, 0.5) is 5.69 Å². The van der Waals surface area contributed by atoms with Gasteiger partial charge in [-0.15, -0.1) is 0 Å². The summed E-state index contributed by atoms with van der Waals surface area (Å²) in [4.78, 5) is 15.3. The first kappa shape index (κ1) is 21.8. The third-order valence-corrected chi connectivity index (χ3v) is 7.60. The van der Waals surface area contributed by atoms with Crippen molar-refractivity contribution >= 4 is 21.6 Å². The van der Waals surface area contributed by atoms with Crippen LogP contribution < -0.4 is 9.62 Å². The van der Waals surface area contributed by atoms with Crippen LogP contribution in [-0.2, 0) is 23.0 Å². The summed E-state index contributed by atoms with van der Waals surface area (Å²) < 4.78 is 25.7. The number of rotatable bonds is 6. The van der Waals surface area contributed by atoms with E-state index in [0.29, 0.717) is 30.3 Å². The fraction of sp³-hybridized carbons (Fsp3) is 0.458. The van der Waals surface area contributed by atoms with Gasteiger partial charge in [-0.25, -0.2) is 8.42 Å². The van der Waals surface area contributed by atoms with E-state index in [2.05, 4.69) is 34.5 Å². The van der Waals surface area contributed by atoms with Gasteiger partial charge >= 0.3 is 0 Å². The Morgan fingerprint density at radius 3 is 2.65 bits per heavy atom. The molecule has 2 heterocycles. The minimum absolute atomic E-state index is 0.0986. The number of hydrogen-bond donors (Lipinski definition) is 1. The fourth-order valence-electron chi connectivity index (χ4n) is 4.88. The van der Waals surface area contributed by atoms with Crippen molar-refractivity contribution in [3.8, 4) is 0 Å². The smallest absolute Gasteiger partial charge is 0.251 e. The molecule has 1 amide bonds. The van der Waals surface area contributed by atoms with E-state index in [0.717, 1.165) is 25.1 Å². The molecule has 0 spiro atoms. The Morgan fingerprint density at radius 2 is 1.90 bits per heavy atom. The molecule has 0 bridgehead atoms. The summed E-state index contributed by atoms with van der Waals surface area (Å²) in [7, 11) is -3.33. The van der Waals surface area contributed by atoms with Crippen LogP contribution in [-0.4, -0.2) is 50.7 Å². The molecule has 2 unspecified atom stereocenters. The molecule has 4 rings (SSSR count). The van der Waals surface area contributed by atoms with Crippen molar-refractivity contribution in [1.29, 1.82) is 0 Å². The molecule has 1 N–H and O–H groups in total. The highest BCUT2D eigenvalue weighted by Gasteiger charge is 2.33. The van der Waals surface area contributed by atoms with E-state index in [-0.39, 0.29) is 11.9 Å². The van der Waals surface area contributed by atoms with Gasteiger partial charge in [-0.2, -0.15) is 0 Å². The molecule has 1 fully saturated rings. The Morgan fingerprint density at radius 1 is 1.13 bits per heavy atom. The molecule has 2 aliphatic heterocycles. The van der Waals surface area contributed by atoms with Crippen LogP contribution in [0.1, 0.15) is 47.7 Å². The highest BCUT2D eigenvalue weighted by atomic mass is 32.2. The molecule has 2 aromatic rings. The van der Waals surface area contributed by atoms with Crippen molar-refractivity contribution in [1.82, 2.24) is 10.2 Å². The van der Waals surface area contributed by atoms with Gasteiger partial charge in [0.05, 0.1) is 11.9 Å². The number of benzene rings is 2. The van der Waals surface area contributed by atoms with E-state index in [4.69, 9.17) is 0 Å². The molecule has 1 saturated heterocycles. The monoisotopic (exact) mass is 441 g/mol. The van der Waals surface area contributed by atoms with E-state index in [1.54, 1.807) is 12.1 Å². The van der Waals surface area contributed by atoms with E-state index in [1.807, 2.05) is 19.1 Å². The first-order chi connectivity index (χ1) is 14.8. The third-order valence-electron chi connectivity index (χ3n) is 6.33. The molecular formula is C24H31N3O3S. The number of carbonyl (C=O) groups excluding carboxylic acids is 1. The van der Waals surface area contributed by atoms with Crippen molar-refractivity contribution in [3.63, 3.8) is 0 Å². The van der Waals surface area contributed by atoms with Gasteiger partial charge in [-0.1, -0.05) is 36.8 Å². The Kier molecular flexibility index (Phi) is 6.34. The molecule has 0 radical (unpaired) electrons. The largest absolute Gasteiger partial charge is 0.350 e. The molecule has 2 aromatic carbocycles. The predicted octanol–water partition coefficient (Wildman–Crippen LogP) is 3.18. The SMILES string of the molecule is CC1Cc2cc(C(=O)NCC3CCCCN3Cc3ccccc3)ccc2N1S(C)(=O)=O. The van der Waals surface area contributed by atoms with Crippen molar-refractivity contribution in [3.05, 3.63) is 65.2 Å². The van der Waals surface area contributed by atoms with Crippen LogP contribution in [0.15, 0.2) is 48.5 Å². The second-order valence-corrected chi connectivity index (χ2v) is 10.6. The standard InChI is InChI=1S/C24H31N3O3S/c1-18-14-21-15-20(11-12-23(21)27(18)31(2,29)30)24(28)25-16-22-10-6-7-13-26(22)17-19-8-4-3-5-9-19/h3-5,8-9,11-12,15,18,22H,6-7,10,13-14,16-17H2,1-2H3,(H,25,28). The summed E-state index contributed by atoms with van der Waals surface area (Å²) in [6.07, 6.45) is 5.31. The minimum atomic E-state index is -3.33. The lowest BCUT2D eigenvalue weighted by Gasteiger charge is -2.36. The Bertz CT molecular complexity index is 1040. The second-order valence-electron chi connectivity index (χ2n) is 8.77. The molecule has 0 saturated carbocycles. The van der Waals surface area contributed by atoms with Crippen LogP contribution in [0, 0.1) is 0 Å². The van der Waals surface area contributed by atoms with Crippen LogP contribution in [0.5, 0.6) is 0 Å². The minimum Gasteiger partial charge on any atom is -0.350 e. The van der Waals surface area contributed by atoms with Gasteiger partial charge in [0.2, 0.25) is 10.0 Å². The number of hydrogen-bond acceptors (Lipinski definition) is 4. The maximum atomic E-state index is 12.9. The Balaban J connectivity index is 1.41. The van der Waals surface area contributed by atoms with Gasteiger partial charge in [-0.05, 0) is 62.1 Å². The highest BCUT2D eigenvalue weighted by molar-refractivity contribution is 7.92. The number of amides is 1. The number of piperidine rings is 1. The zero-order chi connectivity index (χ0) is 22.0. The second kappa shape index (κ2) is 9.01. The lowest BCUT2D eigenvalue weighted by Crippen LogP contribution is -2.46. The van der Waals surface area contributed by atoms with Crippen LogP contribution >= 0.6 is 0 Å². The van der Waals surface area contributed by atoms with Gasteiger partial charge in [0.1, 0.15) is 0 Å². The van der Waals surface area contributed by atoms with E-state index < -0.39 is 10.0 Å². The normalized spacial score (nSPS) is 21.7. The first-order valence-corrected chi connectivity index (χ1v) is 12.9. The van der Waals surface area contributed by atoms with Crippen molar-refractivity contribution < 1.29 is 13.2 Å². The van der Waals surface area contributed by atoms with Crippen molar-refractivity contribution in [2.75, 3.05) is 23.7 Å².